The number of nitrogens with one attached hydrogen (secondary N) is 1. The van der Waals surface area contributed by atoms with E-state index in [1.165, 1.54) is 58.3 Å². The fourth-order valence-electron chi connectivity index (χ4n) is 4.35. The van der Waals surface area contributed by atoms with Gasteiger partial charge in [0.25, 0.3) is 0 Å². The molecule has 2 unspecified atom stereocenters. The van der Waals surface area contributed by atoms with Crippen LogP contribution in [0.25, 0.3) is 0 Å². The minimum absolute atomic E-state index is 0.652. The van der Waals surface area contributed by atoms with Crippen LogP contribution in [0.5, 0.6) is 0 Å². The van der Waals surface area contributed by atoms with Gasteiger partial charge in [0.1, 0.15) is 0 Å². The molecule has 2 saturated heterocycles. The van der Waals surface area contributed by atoms with Crippen molar-refractivity contribution < 1.29 is 0 Å². The van der Waals surface area contributed by atoms with Gasteiger partial charge in [-0.3, -0.25) is 0 Å². The zero-order valence-corrected chi connectivity index (χ0v) is 13.5. The van der Waals surface area contributed by atoms with Gasteiger partial charge in [-0.2, -0.15) is 0 Å². The summed E-state index contributed by atoms with van der Waals surface area (Å²) in [5.74, 6) is 1.75. The standard InChI is InChI=1S/C17H34N2/c1-14(2)12-16-13-18-9-7-17(16)6-5-10-19(11-8-17)15(3)4/h14-16,18H,5-13H2,1-4H3. The maximum absolute atomic E-state index is 3.65. The summed E-state index contributed by atoms with van der Waals surface area (Å²) in [7, 11) is 0. The Kier molecular flexibility index (Phi) is 5.30. The monoisotopic (exact) mass is 266 g/mol. The van der Waals surface area contributed by atoms with Gasteiger partial charge >= 0.3 is 0 Å². The van der Waals surface area contributed by atoms with Crippen LogP contribution in [0.15, 0.2) is 0 Å². The van der Waals surface area contributed by atoms with Gasteiger partial charge in [0.05, 0.1) is 0 Å². The van der Waals surface area contributed by atoms with Crippen molar-refractivity contribution in [1.82, 2.24) is 10.2 Å². The van der Waals surface area contributed by atoms with E-state index in [0.717, 1.165) is 17.9 Å². The fraction of sp³-hybridized carbons (Fsp3) is 1.00. The maximum atomic E-state index is 3.65. The molecule has 2 aliphatic rings. The van der Waals surface area contributed by atoms with E-state index in [0.29, 0.717) is 5.41 Å². The van der Waals surface area contributed by atoms with Crippen LogP contribution in [0.3, 0.4) is 0 Å². The van der Waals surface area contributed by atoms with Gasteiger partial charge in [-0.25, -0.2) is 0 Å². The van der Waals surface area contributed by atoms with Gasteiger partial charge in [-0.1, -0.05) is 13.8 Å². The lowest BCUT2D eigenvalue weighted by Crippen LogP contribution is -2.46. The van der Waals surface area contributed by atoms with Gasteiger partial charge in [-0.05, 0) is 89.4 Å². The molecular weight excluding hydrogens is 232 g/mol. The molecule has 0 amide bonds. The minimum Gasteiger partial charge on any atom is -0.316 e. The lowest BCUT2D eigenvalue weighted by molar-refractivity contribution is 0.0692. The van der Waals surface area contributed by atoms with Crippen molar-refractivity contribution in [2.24, 2.45) is 17.3 Å². The van der Waals surface area contributed by atoms with Crippen molar-refractivity contribution in [2.75, 3.05) is 26.2 Å². The maximum Gasteiger partial charge on any atom is 0.00385 e. The summed E-state index contributed by atoms with van der Waals surface area (Å²) in [6.45, 7) is 14.6. The number of hydrogen-bond acceptors (Lipinski definition) is 2. The molecule has 2 heterocycles. The number of piperidine rings is 1. The lowest BCUT2D eigenvalue weighted by Gasteiger charge is -2.45. The SMILES string of the molecule is CC(C)CC1CNCCC12CCCN(C(C)C)CC2. The Balaban J connectivity index is 2.05. The van der Waals surface area contributed by atoms with Gasteiger partial charge in [0, 0.05) is 6.04 Å². The zero-order valence-electron chi connectivity index (χ0n) is 13.5. The van der Waals surface area contributed by atoms with E-state index in [-0.39, 0.29) is 0 Å². The van der Waals surface area contributed by atoms with Crippen molar-refractivity contribution in [3.63, 3.8) is 0 Å². The third-order valence-corrected chi connectivity index (χ3v) is 5.56. The summed E-state index contributed by atoms with van der Waals surface area (Å²) in [4.78, 5) is 2.70. The number of hydrogen-bond donors (Lipinski definition) is 1. The van der Waals surface area contributed by atoms with Gasteiger partial charge in [-0.15, -0.1) is 0 Å². The average Bonchev–Trinajstić information content (AvgIpc) is 2.55. The number of rotatable bonds is 3. The van der Waals surface area contributed by atoms with Crippen molar-refractivity contribution in [3.8, 4) is 0 Å². The summed E-state index contributed by atoms with van der Waals surface area (Å²) in [6.07, 6.45) is 7.14. The Morgan fingerprint density at radius 3 is 2.58 bits per heavy atom. The molecular formula is C17H34N2. The zero-order chi connectivity index (χ0) is 13.9. The predicted octanol–water partition coefficient (Wildman–Crippen LogP) is 3.52. The second kappa shape index (κ2) is 6.58. The molecule has 19 heavy (non-hydrogen) atoms. The van der Waals surface area contributed by atoms with Crippen LogP contribution in [0.1, 0.15) is 59.8 Å². The van der Waals surface area contributed by atoms with Crippen LogP contribution < -0.4 is 5.32 Å². The molecule has 112 valence electrons. The molecule has 0 radical (unpaired) electrons. The molecule has 0 aromatic carbocycles. The van der Waals surface area contributed by atoms with Crippen molar-refractivity contribution in [1.29, 1.82) is 0 Å². The molecule has 2 nitrogen and oxygen atoms in total. The first-order valence-corrected chi connectivity index (χ1v) is 8.48. The third kappa shape index (κ3) is 3.72. The molecule has 2 heteroatoms. The molecule has 0 aromatic heterocycles. The molecule has 0 aliphatic carbocycles. The van der Waals surface area contributed by atoms with Crippen LogP contribution in [0.2, 0.25) is 0 Å². The summed E-state index contributed by atoms with van der Waals surface area (Å²) >= 11 is 0. The van der Waals surface area contributed by atoms with E-state index in [1.807, 2.05) is 0 Å². The Labute approximate surface area is 120 Å². The Morgan fingerprint density at radius 2 is 1.89 bits per heavy atom. The molecule has 2 atom stereocenters. The third-order valence-electron chi connectivity index (χ3n) is 5.56. The fourth-order valence-corrected chi connectivity index (χ4v) is 4.35. The topological polar surface area (TPSA) is 15.3 Å². The summed E-state index contributed by atoms with van der Waals surface area (Å²) in [6, 6.07) is 0.723. The highest BCUT2D eigenvalue weighted by molar-refractivity contribution is 4.94. The van der Waals surface area contributed by atoms with Crippen molar-refractivity contribution in [3.05, 3.63) is 0 Å². The van der Waals surface area contributed by atoms with Crippen LogP contribution in [-0.4, -0.2) is 37.1 Å². The minimum atomic E-state index is 0.652. The van der Waals surface area contributed by atoms with Gasteiger partial charge < -0.3 is 10.2 Å². The second-order valence-electron chi connectivity index (χ2n) is 7.63. The molecule has 1 spiro atoms. The summed E-state index contributed by atoms with van der Waals surface area (Å²) in [5.41, 5.74) is 0.652. The van der Waals surface area contributed by atoms with E-state index in [1.54, 1.807) is 0 Å². The van der Waals surface area contributed by atoms with Gasteiger partial charge in [0.15, 0.2) is 0 Å². The normalized spacial score (nSPS) is 34.1. The largest absolute Gasteiger partial charge is 0.316 e. The van der Waals surface area contributed by atoms with Crippen molar-refractivity contribution in [2.45, 2.75) is 65.8 Å². The highest BCUT2D eigenvalue weighted by atomic mass is 15.1. The summed E-state index contributed by atoms with van der Waals surface area (Å²) < 4.78 is 0. The average molecular weight is 266 g/mol. The van der Waals surface area contributed by atoms with E-state index in [2.05, 4.69) is 37.9 Å². The van der Waals surface area contributed by atoms with E-state index in [4.69, 9.17) is 0 Å². The molecule has 0 bridgehead atoms. The van der Waals surface area contributed by atoms with Crippen LogP contribution in [0, 0.1) is 17.3 Å². The first kappa shape index (κ1) is 15.3. The molecule has 2 fully saturated rings. The summed E-state index contributed by atoms with van der Waals surface area (Å²) in [5, 5.41) is 3.65. The lowest BCUT2D eigenvalue weighted by atomic mass is 9.64. The Morgan fingerprint density at radius 1 is 1.11 bits per heavy atom. The molecule has 2 rings (SSSR count). The smallest absolute Gasteiger partial charge is 0.00385 e. The van der Waals surface area contributed by atoms with Gasteiger partial charge in [0.2, 0.25) is 0 Å². The van der Waals surface area contributed by atoms with E-state index < -0.39 is 0 Å². The highest BCUT2D eigenvalue weighted by Crippen LogP contribution is 2.46. The molecule has 1 N–H and O–H groups in total. The van der Waals surface area contributed by atoms with Crippen LogP contribution >= 0.6 is 0 Å². The number of likely N-dealkylation sites (tertiary alicyclic amines) is 1. The first-order valence-electron chi connectivity index (χ1n) is 8.48. The van der Waals surface area contributed by atoms with Crippen LogP contribution in [0.4, 0.5) is 0 Å². The quantitative estimate of drug-likeness (QED) is 0.841. The van der Waals surface area contributed by atoms with Crippen LogP contribution in [-0.2, 0) is 0 Å². The molecule has 0 aromatic rings. The Bertz CT molecular complexity index is 274. The second-order valence-corrected chi connectivity index (χ2v) is 7.63. The van der Waals surface area contributed by atoms with Crippen molar-refractivity contribution >= 4 is 0 Å². The molecule has 0 saturated carbocycles. The van der Waals surface area contributed by atoms with E-state index >= 15 is 0 Å². The first-order chi connectivity index (χ1) is 9.03. The highest BCUT2D eigenvalue weighted by Gasteiger charge is 2.41. The molecule has 2 aliphatic heterocycles. The predicted molar refractivity (Wildman–Crippen MR) is 83.4 cm³/mol. The van der Waals surface area contributed by atoms with E-state index in [9.17, 15) is 0 Å². The number of nitrogens with zero attached hydrogens (tertiary/aromatic N) is 1. The Hall–Kier alpha value is -0.0800.